The molecule has 0 unspecified atom stereocenters. The molecular weight excluding hydrogens is 438 g/mol. The third kappa shape index (κ3) is 7.57. The van der Waals surface area contributed by atoms with Crippen molar-refractivity contribution in [3.8, 4) is 0 Å². The summed E-state index contributed by atoms with van der Waals surface area (Å²) in [4.78, 5) is 8.64. The van der Waals surface area contributed by atoms with E-state index in [1.807, 2.05) is 13.0 Å². The number of benzene rings is 1. The van der Waals surface area contributed by atoms with Gasteiger partial charge in [-0.2, -0.15) is 0 Å². The molecule has 0 aliphatic rings. The van der Waals surface area contributed by atoms with Crippen molar-refractivity contribution in [2.75, 3.05) is 20.1 Å². The maximum Gasteiger partial charge on any atom is 0.190 e. The van der Waals surface area contributed by atoms with E-state index in [1.54, 1.807) is 30.5 Å². The van der Waals surface area contributed by atoms with Crippen molar-refractivity contribution >= 4 is 41.3 Å². The standard InChI is InChI=1S/C17H23FN4S.HI/c1-13-12-23-16(22-13)7-4-9-20-17(19-2)21-10-8-14-5-3-6-15(18)11-14;/h3,5-6,11-12H,4,7-10H2,1-2H3,(H2,19,20,21);1H. The topological polar surface area (TPSA) is 49.3 Å². The highest BCUT2D eigenvalue weighted by molar-refractivity contribution is 14.0. The molecule has 1 aromatic carbocycles. The summed E-state index contributed by atoms with van der Waals surface area (Å²) in [5.74, 6) is 0.583. The monoisotopic (exact) mass is 462 g/mol. The summed E-state index contributed by atoms with van der Waals surface area (Å²) >= 11 is 1.71. The maximum absolute atomic E-state index is 13.1. The highest BCUT2D eigenvalue weighted by atomic mass is 127. The lowest BCUT2D eigenvalue weighted by Crippen LogP contribution is -2.38. The summed E-state index contributed by atoms with van der Waals surface area (Å²) in [6.45, 7) is 3.58. The Balaban J connectivity index is 0.00000288. The van der Waals surface area contributed by atoms with Gasteiger partial charge < -0.3 is 10.6 Å². The molecule has 0 saturated heterocycles. The molecule has 2 aromatic rings. The summed E-state index contributed by atoms with van der Waals surface area (Å²) in [6.07, 6.45) is 2.75. The van der Waals surface area contributed by atoms with Crippen LogP contribution in [0, 0.1) is 12.7 Å². The van der Waals surface area contributed by atoms with Crippen LogP contribution in [-0.4, -0.2) is 31.1 Å². The van der Waals surface area contributed by atoms with E-state index in [0.29, 0.717) is 0 Å². The first-order valence-corrected chi connectivity index (χ1v) is 8.65. The second-order valence-corrected chi connectivity index (χ2v) is 6.23. The molecule has 2 rings (SSSR count). The van der Waals surface area contributed by atoms with Crippen molar-refractivity contribution in [2.24, 2.45) is 4.99 Å². The van der Waals surface area contributed by atoms with E-state index in [9.17, 15) is 4.39 Å². The number of aryl methyl sites for hydroxylation is 2. The smallest absolute Gasteiger partial charge is 0.190 e. The van der Waals surface area contributed by atoms with E-state index in [4.69, 9.17) is 0 Å². The average molecular weight is 462 g/mol. The number of nitrogens with zero attached hydrogens (tertiary/aromatic N) is 2. The van der Waals surface area contributed by atoms with Crippen LogP contribution in [0.15, 0.2) is 34.6 Å². The number of halogens is 2. The zero-order chi connectivity index (χ0) is 16.5. The molecule has 0 radical (unpaired) electrons. The van der Waals surface area contributed by atoms with Gasteiger partial charge in [-0.1, -0.05) is 12.1 Å². The number of hydrogen-bond acceptors (Lipinski definition) is 3. The number of guanidine groups is 1. The molecule has 0 aliphatic carbocycles. The highest BCUT2D eigenvalue weighted by Gasteiger charge is 2.01. The molecule has 0 atom stereocenters. The van der Waals surface area contributed by atoms with Gasteiger partial charge >= 0.3 is 0 Å². The Bertz CT molecular complexity index is 645. The van der Waals surface area contributed by atoms with E-state index < -0.39 is 0 Å². The van der Waals surface area contributed by atoms with Crippen molar-refractivity contribution in [2.45, 2.75) is 26.2 Å². The van der Waals surface area contributed by atoms with E-state index in [2.05, 4.69) is 26.0 Å². The van der Waals surface area contributed by atoms with Crippen molar-refractivity contribution in [1.82, 2.24) is 15.6 Å². The predicted molar refractivity (Wildman–Crippen MR) is 110 cm³/mol. The second-order valence-electron chi connectivity index (χ2n) is 5.29. The first-order valence-electron chi connectivity index (χ1n) is 7.77. The Morgan fingerprint density at radius 2 is 2.04 bits per heavy atom. The molecule has 0 spiro atoms. The molecule has 0 bridgehead atoms. The highest BCUT2D eigenvalue weighted by Crippen LogP contribution is 2.10. The van der Waals surface area contributed by atoms with Gasteiger partial charge in [-0.05, 0) is 37.5 Å². The number of hydrogen-bond donors (Lipinski definition) is 2. The summed E-state index contributed by atoms with van der Waals surface area (Å²) in [5.41, 5.74) is 2.07. The van der Waals surface area contributed by atoms with E-state index >= 15 is 0 Å². The van der Waals surface area contributed by atoms with Gasteiger partial charge in [0.25, 0.3) is 0 Å². The molecular formula is C17H24FIN4S. The minimum absolute atomic E-state index is 0. The van der Waals surface area contributed by atoms with Crippen LogP contribution in [0.25, 0.3) is 0 Å². The fraction of sp³-hybridized carbons (Fsp3) is 0.412. The summed E-state index contributed by atoms with van der Waals surface area (Å²) < 4.78 is 13.1. The Labute approximate surface area is 164 Å². The normalized spacial score (nSPS) is 11.0. The molecule has 0 saturated carbocycles. The molecule has 0 aliphatic heterocycles. The van der Waals surface area contributed by atoms with E-state index in [-0.39, 0.29) is 29.8 Å². The SMILES string of the molecule is CN=C(NCCCc1nc(C)cs1)NCCc1cccc(F)c1.I. The first-order chi connectivity index (χ1) is 11.2. The van der Waals surface area contributed by atoms with Crippen molar-refractivity contribution in [1.29, 1.82) is 0 Å². The van der Waals surface area contributed by atoms with Crippen LogP contribution in [0.2, 0.25) is 0 Å². The Morgan fingerprint density at radius 3 is 2.71 bits per heavy atom. The molecule has 24 heavy (non-hydrogen) atoms. The van der Waals surface area contributed by atoms with Crippen LogP contribution in [0.3, 0.4) is 0 Å². The van der Waals surface area contributed by atoms with Crippen LogP contribution in [-0.2, 0) is 12.8 Å². The molecule has 4 nitrogen and oxygen atoms in total. The van der Waals surface area contributed by atoms with Crippen LogP contribution in [0.5, 0.6) is 0 Å². The number of rotatable bonds is 7. The van der Waals surface area contributed by atoms with Gasteiger partial charge in [0.1, 0.15) is 5.82 Å². The van der Waals surface area contributed by atoms with Gasteiger partial charge in [0.15, 0.2) is 5.96 Å². The van der Waals surface area contributed by atoms with Crippen LogP contribution in [0.4, 0.5) is 4.39 Å². The zero-order valence-corrected chi connectivity index (χ0v) is 17.2. The first kappa shape index (κ1) is 20.8. The molecule has 0 amide bonds. The number of aliphatic imine (C=N–C) groups is 1. The van der Waals surface area contributed by atoms with Gasteiger partial charge in [-0.15, -0.1) is 35.3 Å². The lowest BCUT2D eigenvalue weighted by atomic mass is 10.1. The summed E-state index contributed by atoms with van der Waals surface area (Å²) in [5, 5.41) is 9.79. The maximum atomic E-state index is 13.1. The van der Waals surface area contributed by atoms with E-state index in [0.717, 1.165) is 49.6 Å². The zero-order valence-electron chi connectivity index (χ0n) is 14.0. The summed E-state index contributed by atoms with van der Waals surface area (Å²) in [6, 6.07) is 6.68. The molecule has 7 heteroatoms. The van der Waals surface area contributed by atoms with Crippen molar-refractivity contribution in [3.63, 3.8) is 0 Å². The molecule has 132 valence electrons. The van der Waals surface area contributed by atoms with E-state index in [1.165, 1.54) is 11.1 Å². The van der Waals surface area contributed by atoms with Gasteiger partial charge in [-0.3, -0.25) is 4.99 Å². The van der Waals surface area contributed by atoms with Crippen LogP contribution < -0.4 is 10.6 Å². The minimum Gasteiger partial charge on any atom is -0.356 e. The van der Waals surface area contributed by atoms with Gasteiger partial charge in [0, 0.05) is 37.6 Å². The third-order valence-electron chi connectivity index (χ3n) is 3.35. The average Bonchev–Trinajstić information content (AvgIpc) is 2.95. The van der Waals surface area contributed by atoms with Gasteiger partial charge in [0.05, 0.1) is 5.01 Å². The second kappa shape index (κ2) is 11.4. The Morgan fingerprint density at radius 1 is 1.25 bits per heavy atom. The number of thiazole rings is 1. The number of nitrogens with one attached hydrogen (secondary N) is 2. The van der Waals surface area contributed by atoms with Gasteiger partial charge in [0.2, 0.25) is 0 Å². The van der Waals surface area contributed by atoms with Crippen molar-refractivity contribution < 1.29 is 4.39 Å². The molecule has 1 heterocycles. The fourth-order valence-electron chi connectivity index (χ4n) is 2.20. The van der Waals surface area contributed by atoms with Crippen LogP contribution in [0.1, 0.15) is 22.7 Å². The molecule has 2 N–H and O–H groups in total. The number of aromatic nitrogens is 1. The van der Waals surface area contributed by atoms with Crippen LogP contribution >= 0.6 is 35.3 Å². The lowest BCUT2D eigenvalue weighted by Gasteiger charge is -2.11. The quantitative estimate of drug-likeness (QED) is 0.287. The predicted octanol–water partition coefficient (Wildman–Crippen LogP) is 3.55. The molecule has 1 aromatic heterocycles. The Kier molecular flexibility index (Phi) is 9.85. The lowest BCUT2D eigenvalue weighted by molar-refractivity contribution is 0.625. The minimum atomic E-state index is -0.192. The largest absolute Gasteiger partial charge is 0.356 e. The third-order valence-corrected chi connectivity index (χ3v) is 4.37. The fourth-order valence-corrected chi connectivity index (χ4v) is 3.02. The summed E-state index contributed by atoms with van der Waals surface area (Å²) in [7, 11) is 1.75. The van der Waals surface area contributed by atoms with Crippen molar-refractivity contribution in [3.05, 3.63) is 51.7 Å². The Hall–Kier alpha value is -1.22. The van der Waals surface area contributed by atoms with Gasteiger partial charge in [-0.25, -0.2) is 9.37 Å². The molecule has 0 fully saturated rings.